The maximum atomic E-state index is 12.8. The quantitative estimate of drug-likeness (QED) is 0.0252. The van der Waals surface area contributed by atoms with Crippen molar-refractivity contribution in [2.24, 2.45) is 0 Å². The first-order chi connectivity index (χ1) is 25.0. The molecule has 0 aromatic heterocycles. The zero-order valence-electron chi connectivity index (χ0n) is 34.3. The number of aliphatic hydroxyl groups excluding tert-OH is 1. The van der Waals surface area contributed by atoms with Gasteiger partial charge in [-0.15, -0.1) is 0 Å². The molecule has 1 amide bonds. The van der Waals surface area contributed by atoms with E-state index in [1.165, 1.54) is 77.0 Å². The Hall–Kier alpha value is -1.54. The molecule has 0 rings (SSSR count). The van der Waals surface area contributed by atoms with Gasteiger partial charge in [0.2, 0.25) is 5.91 Å². The molecule has 52 heavy (non-hydrogen) atoms. The van der Waals surface area contributed by atoms with Crippen molar-refractivity contribution in [2.45, 2.75) is 180 Å². The number of unbranched alkanes of at least 4 members (excludes halogenated alkanes) is 18. The fourth-order valence-electron chi connectivity index (χ4n) is 5.58. The number of amides is 1. The van der Waals surface area contributed by atoms with Gasteiger partial charge in [-0.3, -0.25) is 13.8 Å². The highest BCUT2D eigenvalue weighted by Gasteiger charge is 2.27. The summed E-state index contributed by atoms with van der Waals surface area (Å²) in [7, 11) is 1.53. The zero-order valence-corrected chi connectivity index (χ0v) is 35.2. The van der Waals surface area contributed by atoms with Gasteiger partial charge in [0.25, 0.3) is 0 Å². The van der Waals surface area contributed by atoms with Gasteiger partial charge in [0.05, 0.1) is 39.9 Å². The molecular weight excluding hydrogens is 671 g/mol. The Labute approximate surface area is 320 Å². The number of allylic oxidation sites excluding steroid dienone is 7. The monoisotopic (exact) mass is 754 g/mol. The first-order valence-electron chi connectivity index (χ1n) is 21.0. The molecule has 0 heterocycles. The van der Waals surface area contributed by atoms with Crippen LogP contribution in [0.2, 0.25) is 0 Å². The normalized spacial score (nSPS) is 15.0. The summed E-state index contributed by atoms with van der Waals surface area (Å²) in [4.78, 5) is 23.0. The summed E-state index contributed by atoms with van der Waals surface area (Å²) in [6.45, 7) is 4.71. The molecule has 0 aromatic rings. The van der Waals surface area contributed by atoms with E-state index in [0.717, 1.165) is 70.6 Å². The third-order valence-electron chi connectivity index (χ3n) is 9.00. The van der Waals surface area contributed by atoms with Crippen LogP contribution in [0.5, 0.6) is 0 Å². The fourth-order valence-corrected chi connectivity index (χ4v) is 6.32. The van der Waals surface area contributed by atoms with Crippen molar-refractivity contribution < 1.29 is 32.9 Å². The SMILES string of the molecule is CCCC/C=C\CCCCCCCC(=O)NC(COP(=O)(O)OCC[N+](C)(C)C)C(O)/C=C/CC/C=C/CC/C=C/CCCCCCCCCCC. The van der Waals surface area contributed by atoms with E-state index in [9.17, 15) is 19.4 Å². The highest BCUT2D eigenvalue weighted by Crippen LogP contribution is 2.43. The predicted octanol–water partition coefficient (Wildman–Crippen LogP) is 11.3. The lowest BCUT2D eigenvalue weighted by Gasteiger charge is -2.25. The second kappa shape index (κ2) is 35.2. The third kappa shape index (κ3) is 36.8. The number of phosphoric acid groups is 1. The van der Waals surface area contributed by atoms with Gasteiger partial charge in [-0.2, -0.15) is 0 Å². The van der Waals surface area contributed by atoms with Gasteiger partial charge in [-0.05, 0) is 64.2 Å². The molecule has 304 valence electrons. The topological polar surface area (TPSA) is 105 Å². The Balaban J connectivity index is 4.54. The number of quaternary nitrogens is 1. The second-order valence-corrected chi connectivity index (χ2v) is 16.8. The summed E-state index contributed by atoms with van der Waals surface area (Å²) in [5, 5.41) is 13.7. The summed E-state index contributed by atoms with van der Waals surface area (Å²) in [6, 6.07) is -0.872. The number of hydrogen-bond donors (Lipinski definition) is 3. The maximum absolute atomic E-state index is 12.8. The number of carbonyl (C=O) groups is 1. The number of rotatable bonds is 37. The first kappa shape index (κ1) is 50.5. The van der Waals surface area contributed by atoms with Gasteiger partial charge in [-0.25, -0.2) is 4.57 Å². The minimum absolute atomic E-state index is 0.0507. The molecule has 0 saturated carbocycles. The van der Waals surface area contributed by atoms with Gasteiger partial charge < -0.3 is 19.8 Å². The van der Waals surface area contributed by atoms with E-state index < -0.39 is 20.0 Å². The molecule has 0 aliphatic rings. The molecule has 0 aliphatic heterocycles. The van der Waals surface area contributed by atoms with Gasteiger partial charge in [-0.1, -0.05) is 146 Å². The minimum atomic E-state index is -4.35. The van der Waals surface area contributed by atoms with E-state index in [4.69, 9.17) is 9.05 Å². The lowest BCUT2D eigenvalue weighted by atomic mass is 10.1. The van der Waals surface area contributed by atoms with Crippen LogP contribution in [-0.4, -0.2) is 73.4 Å². The molecule has 8 nitrogen and oxygen atoms in total. The van der Waals surface area contributed by atoms with Crippen molar-refractivity contribution in [3.8, 4) is 0 Å². The fraction of sp³-hybridized carbons (Fsp3) is 0.791. The van der Waals surface area contributed by atoms with Crippen LogP contribution in [0.3, 0.4) is 0 Å². The predicted molar refractivity (Wildman–Crippen MR) is 221 cm³/mol. The highest BCUT2D eigenvalue weighted by atomic mass is 31.2. The number of carbonyl (C=O) groups excluding carboxylic acids is 1. The van der Waals surface area contributed by atoms with Gasteiger partial charge in [0, 0.05) is 6.42 Å². The summed E-state index contributed by atoms with van der Waals surface area (Å²) in [5.41, 5.74) is 0. The third-order valence-corrected chi connectivity index (χ3v) is 9.98. The van der Waals surface area contributed by atoms with Crippen molar-refractivity contribution in [3.63, 3.8) is 0 Å². The second-order valence-electron chi connectivity index (χ2n) is 15.3. The van der Waals surface area contributed by atoms with Crippen LogP contribution < -0.4 is 5.32 Å². The number of hydrogen-bond acceptors (Lipinski definition) is 5. The van der Waals surface area contributed by atoms with E-state index in [-0.39, 0.29) is 19.1 Å². The van der Waals surface area contributed by atoms with Crippen molar-refractivity contribution in [2.75, 3.05) is 40.9 Å². The molecule has 3 unspecified atom stereocenters. The molecule has 0 fully saturated rings. The van der Waals surface area contributed by atoms with Crippen LogP contribution >= 0.6 is 7.82 Å². The Morgan fingerprint density at radius 3 is 1.60 bits per heavy atom. The van der Waals surface area contributed by atoms with Crippen LogP contribution in [0.4, 0.5) is 0 Å². The smallest absolute Gasteiger partial charge is 0.387 e. The van der Waals surface area contributed by atoms with Crippen molar-refractivity contribution in [1.29, 1.82) is 0 Å². The number of nitrogens with zero attached hydrogens (tertiary/aromatic N) is 1. The Kier molecular flexibility index (Phi) is 34.1. The number of likely N-dealkylation sites (N-methyl/N-ethyl adjacent to an activating group) is 1. The molecule has 0 aromatic carbocycles. The summed E-state index contributed by atoms with van der Waals surface area (Å²) < 4.78 is 23.5. The standard InChI is InChI=1S/C43H81N2O6P/c1-6-8-10-12-14-16-18-19-20-21-22-23-24-25-27-28-30-32-34-36-42(46)41(40-51-52(48,49)50-39-38-45(3,4)5)44-43(47)37-35-33-31-29-26-17-15-13-11-9-7-2/h13,15,22-23,27-28,34,36,41-42,46H,6-12,14,16-21,24-26,29-33,35,37-40H2,1-5H3,(H-,44,47,48,49)/p+1/b15-13-,23-22+,28-27+,36-34+. The van der Waals surface area contributed by atoms with Gasteiger partial charge >= 0.3 is 7.82 Å². The number of phosphoric ester groups is 1. The average molecular weight is 754 g/mol. The molecule has 0 bridgehead atoms. The molecule has 0 spiro atoms. The Bertz CT molecular complexity index is 991. The molecule has 0 radical (unpaired) electrons. The lowest BCUT2D eigenvalue weighted by molar-refractivity contribution is -0.870. The lowest BCUT2D eigenvalue weighted by Crippen LogP contribution is -2.45. The summed E-state index contributed by atoms with van der Waals surface area (Å²) >= 11 is 0. The van der Waals surface area contributed by atoms with Crippen LogP contribution in [0.15, 0.2) is 48.6 Å². The molecule has 0 saturated heterocycles. The average Bonchev–Trinajstić information content (AvgIpc) is 3.09. The van der Waals surface area contributed by atoms with Gasteiger partial charge in [0.1, 0.15) is 13.2 Å². The Morgan fingerprint density at radius 2 is 1.08 bits per heavy atom. The maximum Gasteiger partial charge on any atom is 0.472 e. The van der Waals surface area contributed by atoms with Crippen LogP contribution in [-0.2, 0) is 18.4 Å². The zero-order chi connectivity index (χ0) is 38.6. The van der Waals surface area contributed by atoms with E-state index >= 15 is 0 Å². The minimum Gasteiger partial charge on any atom is -0.387 e. The van der Waals surface area contributed by atoms with E-state index in [0.29, 0.717) is 17.4 Å². The van der Waals surface area contributed by atoms with E-state index in [1.54, 1.807) is 6.08 Å². The van der Waals surface area contributed by atoms with Crippen LogP contribution in [0.1, 0.15) is 168 Å². The Morgan fingerprint density at radius 1 is 0.635 bits per heavy atom. The first-order valence-corrected chi connectivity index (χ1v) is 22.5. The largest absolute Gasteiger partial charge is 0.472 e. The summed E-state index contributed by atoms with van der Waals surface area (Å²) in [6.07, 6.45) is 43.3. The van der Waals surface area contributed by atoms with E-state index in [2.05, 4.69) is 55.6 Å². The van der Waals surface area contributed by atoms with Crippen LogP contribution in [0.25, 0.3) is 0 Å². The number of nitrogens with one attached hydrogen (secondary N) is 1. The highest BCUT2D eigenvalue weighted by molar-refractivity contribution is 7.47. The summed E-state index contributed by atoms with van der Waals surface area (Å²) in [5.74, 6) is -0.205. The molecule has 3 atom stereocenters. The van der Waals surface area contributed by atoms with Crippen LogP contribution in [0, 0.1) is 0 Å². The van der Waals surface area contributed by atoms with Crippen molar-refractivity contribution in [1.82, 2.24) is 5.32 Å². The molecule has 0 aliphatic carbocycles. The van der Waals surface area contributed by atoms with Gasteiger partial charge in [0.15, 0.2) is 0 Å². The molecule has 9 heteroatoms. The molecular formula is C43H82N2O6P+. The van der Waals surface area contributed by atoms with Crippen molar-refractivity contribution in [3.05, 3.63) is 48.6 Å². The van der Waals surface area contributed by atoms with E-state index in [1.807, 2.05) is 27.2 Å². The number of aliphatic hydroxyl groups is 1. The van der Waals surface area contributed by atoms with Crippen molar-refractivity contribution >= 4 is 13.7 Å². The molecule has 3 N–H and O–H groups in total.